The Morgan fingerprint density at radius 2 is 2.27 bits per heavy atom. The van der Waals surface area contributed by atoms with E-state index in [1.807, 2.05) is 30.3 Å². The highest BCUT2D eigenvalue weighted by molar-refractivity contribution is 7.99. The molecule has 0 bridgehead atoms. The van der Waals surface area contributed by atoms with E-state index in [1.54, 1.807) is 13.2 Å². The number of nitrogens with zero attached hydrogens (tertiary/aromatic N) is 3. The van der Waals surface area contributed by atoms with Crippen molar-refractivity contribution in [3.63, 3.8) is 0 Å². The second kappa shape index (κ2) is 6.02. The Morgan fingerprint density at radius 3 is 3.05 bits per heavy atom. The van der Waals surface area contributed by atoms with Gasteiger partial charge in [-0.15, -0.1) is 0 Å². The lowest BCUT2D eigenvalue weighted by Gasteiger charge is -2.07. The van der Waals surface area contributed by atoms with E-state index in [9.17, 15) is 9.90 Å². The molecule has 1 N–H and O–H groups in total. The number of benzene rings is 1. The van der Waals surface area contributed by atoms with Crippen LogP contribution in [0, 0.1) is 0 Å². The van der Waals surface area contributed by atoms with Crippen LogP contribution in [0.3, 0.4) is 0 Å². The molecule has 8 heteroatoms. The maximum absolute atomic E-state index is 12.1. The zero-order valence-electron chi connectivity index (χ0n) is 11.6. The van der Waals surface area contributed by atoms with E-state index in [0.29, 0.717) is 5.69 Å². The summed E-state index contributed by atoms with van der Waals surface area (Å²) >= 11 is 1.08. The van der Waals surface area contributed by atoms with Crippen LogP contribution in [0.2, 0.25) is 0 Å². The van der Waals surface area contributed by atoms with Crippen LogP contribution in [0.25, 0.3) is 10.9 Å². The fourth-order valence-corrected chi connectivity index (χ4v) is 2.71. The summed E-state index contributed by atoms with van der Waals surface area (Å²) in [4.78, 5) is 16.3. The number of hydrogen-bond acceptors (Lipinski definition) is 6. The summed E-state index contributed by atoms with van der Waals surface area (Å²) < 4.78 is 5.81. The minimum Gasteiger partial charge on any atom is -0.538 e. The minimum absolute atomic E-state index is 0.0843. The predicted octanol–water partition coefficient (Wildman–Crippen LogP) is 0.852. The first kappa shape index (κ1) is 14.3. The van der Waals surface area contributed by atoms with Crippen molar-refractivity contribution in [3.8, 4) is 5.95 Å². The predicted molar refractivity (Wildman–Crippen MR) is 78.2 cm³/mol. The van der Waals surface area contributed by atoms with Gasteiger partial charge in [0.05, 0.1) is 22.2 Å². The van der Waals surface area contributed by atoms with Crippen LogP contribution in [-0.2, 0) is 11.8 Å². The quantitative estimate of drug-likeness (QED) is 0.566. The van der Waals surface area contributed by atoms with Gasteiger partial charge in [0, 0.05) is 11.6 Å². The Labute approximate surface area is 129 Å². The van der Waals surface area contributed by atoms with Crippen LogP contribution in [0.4, 0.5) is 5.69 Å². The summed E-state index contributed by atoms with van der Waals surface area (Å²) in [5.74, 6) is -0.683. The molecule has 1 aromatic carbocycles. The van der Waals surface area contributed by atoms with Crippen LogP contribution in [0.15, 0.2) is 46.1 Å². The average molecular weight is 316 g/mol. The first-order valence-corrected chi connectivity index (χ1v) is 7.43. The van der Waals surface area contributed by atoms with Gasteiger partial charge in [0.15, 0.2) is 13.0 Å². The number of pyridine rings is 1. The molecule has 112 valence electrons. The minimum atomic E-state index is -0.547. The number of carbonyl (C=O) groups is 1. The molecular weight excluding hydrogens is 304 g/mol. The van der Waals surface area contributed by atoms with Crippen LogP contribution in [0.1, 0.15) is 0 Å². The van der Waals surface area contributed by atoms with Gasteiger partial charge in [-0.2, -0.15) is 0 Å². The Kier molecular flexibility index (Phi) is 3.92. The lowest BCUT2D eigenvalue weighted by Crippen LogP contribution is -2.32. The largest absolute Gasteiger partial charge is 0.538 e. The number of thioether (sulfide) groups is 1. The van der Waals surface area contributed by atoms with Gasteiger partial charge in [-0.05, 0) is 36.0 Å². The second-order valence-electron chi connectivity index (χ2n) is 4.50. The molecule has 3 aromatic rings. The number of aryl methyl sites for hydroxylation is 1. The van der Waals surface area contributed by atoms with E-state index in [-0.39, 0.29) is 16.7 Å². The average Bonchev–Trinajstić information content (AvgIpc) is 2.84. The highest BCUT2D eigenvalue weighted by Gasteiger charge is 2.16. The van der Waals surface area contributed by atoms with Gasteiger partial charge in [0.2, 0.25) is 5.91 Å². The van der Waals surface area contributed by atoms with Crippen molar-refractivity contribution >= 4 is 34.3 Å². The molecule has 0 atom stereocenters. The van der Waals surface area contributed by atoms with Crippen molar-refractivity contribution < 1.29 is 19.1 Å². The molecule has 0 saturated carbocycles. The van der Waals surface area contributed by atoms with E-state index in [2.05, 4.69) is 20.1 Å². The number of aromatic nitrogens is 3. The first-order valence-electron chi connectivity index (χ1n) is 6.44. The van der Waals surface area contributed by atoms with Crippen LogP contribution >= 0.6 is 11.8 Å². The normalized spacial score (nSPS) is 10.8. The fourth-order valence-electron chi connectivity index (χ4n) is 1.99. The smallest absolute Gasteiger partial charge is 0.291 e. The standard InChI is InChI=1S/C14H12N4O3S/c1-18-13(14(20)21-17-18)22-8-12(19)16-11-6-2-5-10-9(11)4-3-7-15-10/h2-7H,8H2,1H3,(H-,15,16,17,19,20). The summed E-state index contributed by atoms with van der Waals surface area (Å²) in [5, 5.41) is 18.8. The fraction of sp³-hybridized carbons (Fsp3) is 0.143. The molecule has 7 nitrogen and oxygen atoms in total. The van der Waals surface area contributed by atoms with Gasteiger partial charge >= 0.3 is 0 Å². The number of nitrogens with one attached hydrogen (secondary N) is 1. The molecule has 2 heterocycles. The Morgan fingerprint density at radius 1 is 1.41 bits per heavy atom. The Bertz CT molecular complexity index is 809. The summed E-state index contributed by atoms with van der Waals surface area (Å²) in [6.45, 7) is 0. The summed E-state index contributed by atoms with van der Waals surface area (Å²) in [5.41, 5.74) is 1.49. The van der Waals surface area contributed by atoms with Crippen LogP contribution < -0.4 is 15.1 Å². The summed E-state index contributed by atoms with van der Waals surface area (Å²) in [7, 11) is 1.58. The van der Waals surface area contributed by atoms with E-state index >= 15 is 0 Å². The molecule has 2 aromatic heterocycles. The number of hydrogen-bond donors (Lipinski definition) is 1. The Balaban J connectivity index is 1.71. The highest BCUT2D eigenvalue weighted by atomic mass is 32.2. The third kappa shape index (κ3) is 2.86. The molecule has 1 amide bonds. The third-order valence-corrected chi connectivity index (χ3v) is 4.09. The number of fused-ring (bicyclic) bond motifs is 1. The zero-order chi connectivity index (χ0) is 15.5. The maximum atomic E-state index is 12.1. The zero-order valence-corrected chi connectivity index (χ0v) is 12.5. The molecule has 0 aliphatic rings. The van der Waals surface area contributed by atoms with Crippen molar-refractivity contribution in [2.45, 2.75) is 5.03 Å². The van der Waals surface area contributed by atoms with Crippen LogP contribution in [0.5, 0.6) is 5.95 Å². The monoisotopic (exact) mass is 316 g/mol. The van der Waals surface area contributed by atoms with Gasteiger partial charge in [-0.1, -0.05) is 10.7 Å². The summed E-state index contributed by atoms with van der Waals surface area (Å²) in [6.07, 6.45) is 1.70. The topological polar surface area (TPSA) is 95.0 Å². The molecule has 0 spiro atoms. The van der Waals surface area contributed by atoms with E-state index in [1.165, 1.54) is 4.68 Å². The SMILES string of the molecule is C[n+]1noc([O-])c1SCC(=O)Nc1cccc2ncccc12. The van der Waals surface area contributed by atoms with E-state index in [4.69, 9.17) is 0 Å². The molecule has 3 rings (SSSR count). The number of rotatable bonds is 4. The van der Waals surface area contributed by atoms with E-state index in [0.717, 1.165) is 22.7 Å². The van der Waals surface area contributed by atoms with Gasteiger partial charge in [-0.3, -0.25) is 9.78 Å². The summed E-state index contributed by atoms with van der Waals surface area (Å²) in [6, 6.07) is 9.22. The van der Waals surface area contributed by atoms with Crippen molar-refractivity contribution in [1.82, 2.24) is 10.3 Å². The molecule has 0 unspecified atom stereocenters. The third-order valence-electron chi connectivity index (χ3n) is 2.97. The lowest BCUT2D eigenvalue weighted by molar-refractivity contribution is -0.772. The van der Waals surface area contributed by atoms with E-state index < -0.39 is 5.95 Å². The van der Waals surface area contributed by atoms with Gasteiger partial charge < -0.3 is 14.9 Å². The molecule has 22 heavy (non-hydrogen) atoms. The maximum Gasteiger partial charge on any atom is 0.291 e. The molecule has 0 saturated heterocycles. The van der Waals surface area contributed by atoms with Crippen LogP contribution in [-0.4, -0.2) is 21.9 Å². The molecule has 0 aliphatic carbocycles. The number of carbonyl (C=O) groups excluding carboxylic acids is 1. The van der Waals surface area contributed by atoms with Gasteiger partial charge in [-0.25, -0.2) is 0 Å². The van der Waals surface area contributed by atoms with Crippen molar-refractivity contribution in [1.29, 1.82) is 0 Å². The Hall–Kier alpha value is -2.61. The van der Waals surface area contributed by atoms with Crippen molar-refractivity contribution in [2.24, 2.45) is 7.05 Å². The first-order chi connectivity index (χ1) is 10.6. The number of anilines is 1. The lowest BCUT2D eigenvalue weighted by atomic mass is 10.2. The van der Waals surface area contributed by atoms with Gasteiger partial charge in [0.25, 0.3) is 5.03 Å². The molecule has 0 aliphatic heterocycles. The van der Waals surface area contributed by atoms with Crippen molar-refractivity contribution in [2.75, 3.05) is 11.1 Å². The molecular formula is C14H12N4O3S. The second-order valence-corrected chi connectivity index (χ2v) is 5.47. The highest BCUT2D eigenvalue weighted by Crippen LogP contribution is 2.23. The molecule has 0 fully saturated rings. The van der Waals surface area contributed by atoms with Crippen molar-refractivity contribution in [3.05, 3.63) is 36.5 Å². The number of amides is 1. The van der Waals surface area contributed by atoms with Gasteiger partial charge in [0.1, 0.15) is 0 Å². The molecule has 0 radical (unpaired) electrons.